The van der Waals surface area contributed by atoms with Crippen molar-refractivity contribution in [2.24, 2.45) is 0 Å². The van der Waals surface area contributed by atoms with Crippen molar-refractivity contribution in [3.05, 3.63) is 77.4 Å². The van der Waals surface area contributed by atoms with Crippen LogP contribution in [0, 0.1) is 0 Å². The minimum atomic E-state index is 0.726. The smallest absolute Gasteiger partial charge is 0.0177 e. The molecule has 1 saturated heterocycles. The topological polar surface area (TPSA) is 6.48 Å². The minimum absolute atomic E-state index is 0.726. The van der Waals surface area contributed by atoms with Gasteiger partial charge in [-0.2, -0.15) is 0 Å². The Hall–Kier alpha value is -1.90. The molecule has 2 aliphatic rings. The maximum atomic E-state index is 2.71. The maximum absolute atomic E-state index is 2.71. The van der Waals surface area contributed by atoms with Gasteiger partial charge in [0, 0.05) is 38.8 Å². The number of fused-ring (bicyclic) bond motifs is 1. The van der Waals surface area contributed by atoms with E-state index in [-0.39, 0.29) is 0 Å². The fourth-order valence-corrected chi connectivity index (χ4v) is 4.01. The molecule has 2 aromatic carbocycles. The molecule has 0 aromatic heterocycles. The highest BCUT2D eigenvalue weighted by molar-refractivity contribution is 5.48. The normalized spacial score (nSPS) is 19.8. The largest absolute Gasteiger partial charge is 0.297 e. The Kier molecular flexibility index (Phi) is 4.77. The van der Waals surface area contributed by atoms with Crippen molar-refractivity contribution in [1.82, 2.24) is 9.80 Å². The van der Waals surface area contributed by atoms with Crippen LogP contribution in [0.4, 0.5) is 0 Å². The van der Waals surface area contributed by atoms with E-state index in [9.17, 15) is 0 Å². The molecule has 0 N–H and O–H groups in total. The van der Waals surface area contributed by atoms with Gasteiger partial charge in [0.1, 0.15) is 0 Å². The van der Waals surface area contributed by atoms with E-state index in [0.717, 1.165) is 12.6 Å². The fourth-order valence-electron chi connectivity index (χ4n) is 4.01. The Morgan fingerprint density at radius 1 is 0.792 bits per heavy atom. The number of nitrogens with zero attached hydrogens (tertiary/aromatic N) is 2. The van der Waals surface area contributed by atoms with Crippen molar-refractivity contribution < 1.29 is 0 Å². The summed E-state index contributed by atoms with van der Waals surface area (Å²) in [5, 5.41) is 0. The third-order valence-electron chi connectivity index (χ3n) is 5.43. The molecule has 4 rings (SSSR count). The van der Waals surface area contributed by atoms with Crippen LogP contribution in [-0.4, -0.2) is 48.6 Å². The standard InChI is InChI=1S/C22H26N2/c1-2-7-19(8-3-1)9-6-12-23-13-15-24(16-14-23)22-17-20-10-4-5-11-21(20)18-22/h1-11,22H,12-18H2. The third kappa shape index (κ3) is 3.61. The summed E-state index contributed by atoms with van der Waals surface area (Å²) < 4.78 is 0. The monoisotopic (exact) mass is 318 g/mol. The minimum Gasteiger partial charge on any atom is -0.297 e. The van der Waals surface area contributed by atoms with Gasteiger partial charge < -0.3 is 0 Å². The maximum Gasteiger partial charge on any atom is 0.0177 e. The van der Waals surface area contributed by atoms with Gasteiger partial charge in [-0.05, 0) is 29.5 Å². The van der Waals surface area contributed by atoms with Crippen molar-refractivity contribution >= 4 is 6.08 Å². The lowest BCUT2D eigenvalue weighted by Gasteiger charge is -2.37. The summed E-state index contributed by atoms with van der Waals surface area (Å²) in [4.78, 5) is 5.27. The van der Waals surface area contributed by atoms with Crippen LogP contribution in [0.15, 0.2) is 60.7 Å². The van der Waals surface area contributed by atoms with E-state index < -0.39 is 0 Å². The van der Waals surface area contributed by atoms with Crippen LogP contribution in [0.1, 0.15) is 16.7 Å². The average Bonchev–Trinajstić information content (AvgIpc) is 3.07. The van der Waals surface area contributed by atoms with Crippen molar-refractivity contribution in [3.8, 4) is 0 Å². The van der Waals surface area contributed by atoms with Crippen molar-refractivity contribution in [1.29, 1.82) is 0 Å². The predicted molar refractivity (Wildman–Crippen MR) is 101 cm³/mol. The van der Waals surface area contributed by atoms with E-state index in [4.69, 9.17) is 0 Å². The van der Waals surface area contributed by atoms with E-state index in [1.807, 2.05) is 0 Å². The number of hydrogen-bond acceptors (Lipinski definition) is 2. The second-order valence-electron chi connectivity index (χ2n) is 6.98. The van der Waals surface area contributed by atoms with Gasteiger partial charge in [0.15, 0.2) is 0 Å². The molecule has 2 nitrogen and oxygen atoms in total. The van der Waals surface area contributed by atoms with E-state index in [1.165, 1.54) is 44.6 Å². The van der Waals surface area contributed by atoms with Crippen LogP contribution in [0.2, 0.25) is 0 Å². The lowest BCUT2D eigenvalue weighted by Crippen LogP contribution is -2.50. The summed E-state index contributed by atoms with van der Waals surface area (Å²) in [6.07, 6.45) is 7.02. The van der Waals surface area contributed by atoms with Crippen LogP contribution in [0.5, 0.6) is 0 Å². The SMILES string of the molecule is C(=Cc1ccccc1)CN1CCN(C2Cc3ccccc3C2)CC1. The second-order valence-corrected chi connectivity index (χ2v) is 6.98. The number of rotatable bonds is 4. The van der Waals surface area contributed by atoms with Gasteiger partial charge in [-0.15, -0.1) is 0 Å². The molecule has 1 aliphatic heterocycles. The molecule has 0 bridgehead atoms. The molecule has 0 atom stereocenters. The molecule has 0 amide bonds. The van der Waals surface area contributed by atoms with E-state index >= 15 is 0 Å². The highest BCUT2D eigenvalue weighted by atomic mass is 15.3. The van der Waals surface area contributed by atoms with Gasteiger partial charge >= 0.3 is 0 Å². The highest BCUT2D eigenvalue weighted by Gasteiger charge is 2.28. The summed E-state index contributed by atoms with van der Waals surface area (Å²) in [6.45, 7) is 5.85. The van der Waals surface area contributed by atoms with Gasteiger partial charge in [0.2, 0.25) is 0 Å². The van der Waals surface area contributed by atoms with Gasteiger partial charge in [0.05, 0.1) is 0 Å². The highest BCUT2D eigenvalue weighted by Crippen LogP contribution is 2.26. The van der Waals surface area contributed by atoms with Crippen molar-refractivity contribution in [3.63, 3.8) is 0 Å². The molecule has 0 unspecified atom stereocenters. The van der Waals surface area contributed by atoms with Crippen LogP contribution >= 0.6 is 0 Å². The molecule has 124 valence electrons. The first-order valence-electron chi connectivity index (χ1n) is 9.13. The summed E-state index contributed by atoms with van der Waals surface area (Å²) in [5.74, 6) is 0. The number of piperazine rings is 1. The van der Waals surface area contributed by atoms with Gasteiger partial charge in [-0.25, -0.2) is 0 Å². The summed E-state index contributed by atoms with van der Waals surface area (Å²) >= 11 is 0. The molecule has 2 aromatic rings. The molecule has 24 heavy (non-hydrogen) atoms. The Morgan fingerprint density at radius 3 is 2.08 bits per heavy atom. The molecule has 1 fully saturated rings. The quantitative estimate of drug-likeness (QED) is 0.851. The predicted octanol–water partition coefficient (Wildman–Crippen LogP) is 3.48. The lowest BCUT2D eigenvalue weighted by molar-refractivity contribution is 0.107. The molecule has 2 heteroatoms. The Balaban J connectivity index is 1.25. The fraction of sp³-hybridized carbons (Fsp3) is 0.364. The Morgan fingerprint density at radius 2 is 1.42 bits per heavy atom. The molecular formula is C22H26N2. The van der Waals surface area contributed by atoms with E-state index in [0.29, 0.717) is 0 Å². The van der Waals surface area contributed by atoms with Gasteiger partial charge in [-0.3, -0.25) is 9.80 Å². The number of hydrogen-bond donors (Lipinski definition) is 0. The van der Waals surface area contributed by atoms with Gasteiger partial charge in [0.25, 0.3) is 0 Å². The molecular weight excluding hydrogens is 292 g/mol. The summed E-state index contributed by atoms with van der Waals surface area (Å²) in [6, 6.07) is 20.3. The zero-order valence-corrected chi connectivity index (χ0v) is 14.3. The first-order chi connectivity index (χ1) is 11.9. The average molecular weight is 318 g/mol. The zero-order valence-electron chi connectivity index (χ0n) is 14.3. The first kappa shape index (κ1) is 15.6. The van der Waals surface area contributed by atoms with Gasteiger partial charge in [-0.1, -0.05) is 66.7 Å². The van der Waals surface area contributed by atoms with Crippen LogP contribution in [-0.2, 0) is 12.8 Å². The Bertz CT molecular complexity index is 659. The number of benzene rings is 2. The summed E-state index contributed by atoms with van der Waals surface area (Å²) in [5.41, 5.74) is 4.42. The molecule has 0 spiro atoms. The van der Waals surface area contributed by atoms with Crippen LogP contribution in [0.3, 0.4) is 0 Å². The second kappa shape index (κ2) is 7.33. The Labute approximate surface area is 145 Å². The van der Waals surface area contributed by atoms with Crippen LogP contribution < -0.4 is 0 Å². The molecule has 0 saturated carbocycles. The lowest BCUT2D eigenvalue weighted by atomic mass is 10.1. The van der Waals surface area contributed by atoms with E-state index in [1.54, 1.807) is 11.1 Å². The summed E-state index contributed by atoms with van der Waals surface area (Å²) in [7, 11) is 0. The molecule has 0 radical (unpaired) electrons. The molecule has 1 aliphatic carbocycles. The third-order valence-corrected chi connectivity index (χ3v) is 5.43. The van der Waals surface area contributed by atoms with Crippen LogP contribution in [0.25, 0.3) is 6.08 Å². The molecule has 1 heterocycles. The zero-order chi connectivity index (χ0) is 16.2. The first-order valence-corrected chi connectivity index (χ1v) is 9.13. The van der Waals surface area contributed by atoms with Crippen molar-refractivity contribution in [2.45, 2.75) is 18.9 Å². The van der Waals surface area contributed by atoms with E-state index in [2.05, 4.69) is 76.5 Å². The van der Waals surface area contributed by atoms with Crippen molar-refractivity contribution in [2.75, 3.05) is 32.7 Å².